The fourth-order valence-corrected chi connectivity index (χ4v) is 4.71. The molecule has 33 heavy (non-hydrogen) atoms. The van der Waals surface area contributed by atoms with Gasteiger partial charge in [0.05, 0.1) is 25.5 Å². The van der Waals surface area contributed by atoms with Crippen molar-refractivity contribution in [2.75, 3.05) is 37.4 Å². The second kappa shape index (κ2) is 10.2. The summed E-state index contributed by atoms with van der Waals surface area (Å²) in [7, 11) is 0. The summed E-state index contributed by atoms with van der Waals surface area (Å²) < 4.78 is 7.51. The Hall–Kier alpha value is -3.20. The molecule has 1 aliphatic heterocycles. The number of ether oxygens (including phenoxy) is 1. The minimum Gasteiger partial charge on any atom is -0.379 e. The second-order valence-corrected chi connectivity index (χ2v) is 8.76. The zero-order chi connectivity index (χ0) is 22.5. The quantitative estimate of drug-likeness (QED) is 0.422. The number of nitrogens with zero attached hydrogens (tertiary/aromatic N) is 4. The molecule has 3 aromatic carbocycles. The summed E-state index contributed by atoms with van der Waals surface area (Å²) in [5.41, 5.74) is 1.80. The lowest BCUT2D eigenvalue weighted by atomic mass is 10.1. The molecule has 168 valence electrons. The molecule has 1 amide bonds. The van der Waals surface area contributed by atoms with Gasteiger partial charge in [0.2, 0.25) is 5.91 Å². The van der Waals surface area contributed by atoms with E-state index in [1.165, 1.54) is 11.8 Å². The van der Waals surface area contributed by atoms with Crippen molar-refractivity contribution in [3.05, 3.63) is 78.6 Å². The molecule has 0 spiro atoms. The number of aromatic nitrogens is 3. The van der Waals surface area contributed by atoms with Crippen molar-refractivity contribution in [1.29, 1.82) is 0 Å². The van der Waals surface area contributed by atoms with Crippen molar-refractivity contribution in [3.63, 3.8) is 0 Å². The number of rotatable bonds is 7. The van der Waals surface area contributed by atoms with Crippen LogP contribution >= 0.6 is 11.8 Å². The minimum atomic E-state index is -0.0753. The van der Waals surface area contributed by atoms with Gasteiger partial charge in [-0.2, -0.15) is 0 Å². The Balaban J connectivity index is 1.33. The van der Waals surface area contributed by atoms with Gasteiger partial charge in [-0.25, -0.2) is 0 Å². The third kappa shape index (κ3) is 5.08. The zero-order valence-electron chi connectivity index (χ0n) is 18.2. The van der Waals surface area contributed by atoms with E-state index in [2.05, 4.69) is 20.4 Å². The van der Waals surface area contributed by atoms with Crippen LogP contribution in [0, 0.1) is 0 Å². The average molecular weight is 460 g/mol. The van der Waals surface area contributed by atoms with Gasteiger partial charge in [-0.3, -0.25) is 14.3 Å². The molecule has 1 N–H and O–H groups in total. The summed E-state index contributed by atoms with van der Waals surface area (Å²) in [6, 6.07) is 24.0. The number of fused-ring (bicyclic) bond motifs is 1. The number of carbonyl (C=O) groups is 1. The first kappa shape index (κ1) is 21.6. The van der Waals surface area contributed by atoms with E-state index < -0.39 is 0 Å². The number of hydrogen-bond donors (Lipinski definition) is 1. The average Bonchev–Trinajstić information content (AvgIpc) is 3.26. The molecule has 0 atom stereocenters. The van der Waals surface area contributed by atoms with Crippen molar-refractivity contribution < 1.29 is 9.53 Å². The Labute approximate surface area is 196 Å². The normalized spacial score (nSPS) is 14.4. The Kier molecular flexibility index (Phi) is 6.66. The lowest BCUT2D eigenvalue weighted by Crippen LogP contribution is -2.36. The first-order valence-corrected chi connectivity index (χ1v) is 12.0. The maximum Gasteiger partial charge on any atom is 0.234 e. The molecule has 2 heterocycles. The molecular formula is C25H25N5O2S. The zero-order valence-corrected chi connectivity index (χ0v) is 19.0. The maximum absolute atomic E-state index is 12.8. The van der Waals surface area contributed by atoms with Crippen molar-refractivity contribution in [3.8, 4) is 5.69 Å². The molecule has 0 radical (unpaired) electrons. The molecule has 0 unspecified atom stereocenters. The number of thioether (sulfide) groups is 1. The molecule has 0 saturated carbocycles. The molecule has 0 aliphatic carbocycles. The number of para-hydroxylation sites is 1. The summed E-state index contributed by atoms with van der Waals surface area (Å²) >= 11 is 1.39. The van der Waals surface area contributed by atoms with Crippen LogP contribution in [0.1, 0.15) is 5.82 Å². The van der Waals surface area contributed by atoms with Gasteiger partial charge in [-0.15, -0.1) is 10.2 Å². The van der Waals surface area contributed by atoms with Gasteiger partial charge in [0, 0.05) is 29.9 Å². The number of nitrogens with one attached hydrogen (secondary N) is 1. The molecule has 4 aromatic rings. The van der Waals surface area contributed by atoms with Crippen LogP contribution in [0.4, 0.5) is 5.69 Å². The SMILES string of the molecule is O=C(CSc1nnc(CN2CCOCC2)n1-c1ccccc1)Nc1cccc2ccccc12. The molecule has 8 heteroatoms. The number of carbonyl (C=O) groups excluding carboxylic acids is 1. The van der Waals surface area contributed by atoms with E-state index in [0.29, 0.717) is 11.7 Å². The van der Waals surface area contributed by atoms with Crippen LogP contribution < -0.4 is 5.32 Å². The van der Waals surface area contributed by atoms with Crippen LogP contribution in [-0.4, -0.2) is 57.6 Å². The van der Waals surface area contributed by atoms with E-state index in [9.17, 15) is 4.79 Å². The number of anilines is 1. The summed E-state index contributed by atoms with van der Waals surface area (Å²) in [5.74, 6) is 1.03. The highest BCUT2D eigenvalue weighted by Crippen LogP contribution is 2.25. The largest absolute Gasteiger partial charge is 0.379 e. The van der Waals surface area contributed by atoms with Gasteiger partial charge in [0.15, 0.2) is 11.0 Å². The fraction of sp³-hybridized carbons (Fsp3) is 0.240. The van der Waals surface area contributed by atoms with Crippen molar-refractivity contribution in [1.82, 2.24) is 19.7 Å². The molecule has 1 aromatic heterocycles. The molecular weight excluding hydrogens is 434 g/mol. The standard InChI is InChI=1S/C25H25N5O2S/c31-24(26-22-12-6-8-19-7-4-5-11-21(19)22)18-33-25-28-27-23(17-29-13-15-32-16-14-29)30(25)20-9-2-1-3-10-20/h1-12H,13-18H2,(H,26,31). The minimum absolute atomic E-state index is 0.0753. The molecule has 0 bridgehead atoms. The number of benzene rings is 3. The highest BCUT2D eigenvalue weighted by atomic mass is 32.2. The van der Waals surface area contributed by atoms with E-state index in [1.807, 2.05) is 77.4 Å². The van der Waals surface area contributed by atoms with Gasteiger partial charge in [0.25, 0.3) is 0 Å². The first-order valence-electron chi connectivity index (χ1n) is 11.0. The third-order valence-electron chi connectivity index (χ3n) is 5.58. The summed E-state index contributed by atoms with van der Waals surface area (Å²) in [5, 5.41) is 14.8. The third-order valence-corrected chi connectivity index (χ3v) is 6.51. The van der Waals surface area contributed by atoms with Gasteiger partial charge in [-0.1, -0.05) is 66.4 Å². The van der Waals surface area contributed by atoms with Gasteiger partial charge in [-0.05, 0) is 23.6 Å². The molecule has 5 rings (SSSR count). The fourth-order valence-electron chi connectivity index (χ4n) is 3.94. The maximum atomic E-state index is 12.8. The van der Waals surface area contributed by atoms with E-state index in [-0.39, 0.29) is 11.7 Å². The summed E-state index contributed by atoms with van der Waals surface area (Å²) in [4.78, 5) is 15.1. The smallest absolute Gasteiger partial charge is 0.234 e. The van der Waals surface area contributed by atoms with E-state index in [4.69, 9.17) is 4.74 Å². The van der Waals surface area contributed by atoms with Crippen LogP contribution in [0.25, 0.3) is 16.5 Å². The van der Waals surface area contributed by atoms with E-state index >= 15 is 0 Å². The van der Waals surface area contributed by atoms with Crippen LogP contribution in [0.2, 0.25) is 0 Å². The summed E-state index contributed by atoms with van der Waals surface area (Å²) in [6.07, 6.45) is 0. The van der Waals surface area contributed by atoms with Crippen LogP contribution in [0.15, 0.2) is 78.0 Å². The van der Waals surface area contributed by atoms with Crippen molar-refractivity contribution in [2.45, 2.75) is 11.7 Å². The second-order valence-electron chi connectivity index (χ2n) is 7.82. The van der Waals surface area contributed by atoms with Gasteiger partial charge in [0.1, 0.15) is 0 Å². The lowest BCUT2D eigenvalue weighted by molar-refractivity contribution is -0.113. The van der Waals surface area contributed by atoms with Crippen LogP contribution in [-0.2, 0) is 16.1 Å². The topological polar surface area (TPSA) is 72.3 Å². The Morgan fingerprint density at radius 1 is 0.939 bits per heavy atom. The predicted molar refractivity (Wildman–Crippen MR) is 131 cm³/mol. The van der Waals surface area contributed by atoms with Gasteiger partial charge < -0.3 is 10.1 Å². The van der Waals surface area contributed by atoms with Crippen molar-refractivity contribution in [2.24, 2.45) is 0 Å². The Morgan fingerprint density at radius 2 is 1.70 bits per heavy atom. The summed E-state index contributed by atoms with van der Waals surface area (Å²) in [6.45, 7) is 3.90. The lowest BCUT2D eigenvalue weighted by Gasteiger charge is -2.26. The molecule has 1 aliphatic rings. The number of amides is 1. The first-order chi connectivity index (χ1) is 16.3. The molecule has 7 nitrogen and oxygen atoms in total. The number of morpholine rings is 1. The van der Waals surface area contributed by atoms with Crippen molar-refractivity contribution >= 4 is 34.1 Å². The van der Waals surface area contributed by atoms with E-state index in [0.717, 1.165) is 54.3 Å². The molecule has 1 fully saturated rings. The highest BCUT2D eigenvalue weighted by Gasteiger charge is 2.19. The van der Waals surface area contributed by atoms with E-state index in [1.54, 1.807) is 0 Å². The number of hydrogen-bond acceptors (Lipinski definition) is 6. The Morgan fingerprint density at radius 3 is 2.55 bits per heavy atom. The molecule has 1 saturated heterocycles. The predicted octanol–water partition coefficient (Wildman–Crippen LogP) is 3.98. The Bertz CT molecular complexity index is 1230. The van der Waals surface area contributed by atoms with Crippen LogP contribution in [0.5, 0.6) is 0 Å². The monoisotopic (exact) mass is 459 g/mol. The highest BCUT2D eigenvalue weighted by molar-refractivity contribution is 7.99. The van der Waals surface area contributed by atoms with Gasteiger partial charge >= 0.3 is 0 Å². The van der Waals surface area contributed by atoms with Crippen LogP contribution in [0.3, 0.4) is 0 Å².